The van der Waals surface area contributed by atoms with Gasteiger partial charge in [0.15, 0.2) is 6.61 Å². The first kappa shape index (κ1) is 21.3. The van der Waals surface area contributed by atoms with Crippen LogP contribution in [0, 0.1) is 0 Å². The minimum absolute atomic E-state index is 0.0708. The molecule has 0 spiro atoms. The molecule has 1 fully saturated rings. The lowest BCUT2D eigenvalue weighted by molar-refractivity contribution is -0.137. The molecule has 1 heterocycles. The van der Waals surface area contributed by atoms with Gasteiger partial charge in [-0.05, 0) is 52.2 Å². The molecule has 7 heteroatoms. The lowest BCUT2D eigenvalue weighted by Gasteiger charge is -2.33. The van der Waals surface area contributed by atoms with Gasteiger partial charge in [0.2, 0.25) is 5.91 Å². The highest BCUT2D eigenvalue weighted by Gasteiger charge is 2.24. The van der Waals surface area contributed by atoms with E-state index in [0.29, 0.717) is 10.5 Å². The zero-order chi connectivity index (χ0) is 19.8. The molecule has 0 aliphatic carbocycles. The van der Waals surface area contributed by atoms with Gasteiger partial charge < -0.3 is 15.0 Å². The van der Waals surface area contributed by atoms with Crippen LogP contribution in [0.2, 0.25) is 0 Å². The summed E-state index contributed by atoms with van der Waals surface area (Å²) in [6.45, 7) is 6.28. The van der Waals surface area contributed by atoms with Crippen LogP contribution in [0.25, 0.3) is 0 Å². The number of rotatable bonds is 7. The van der Waals surface area contributed by atoms with Gasteiger partial charge in [-0.3, -0.25) is 9.59 Å². The second-order valence-electron chi connectivity index (χ2n) is 7.02. The second kappa shape index (κ2) is 10.3. The largest absolute Gasteiger partial charge is 0.452 e. The molecule has 0 bridgehead atoms. The molecule has 6 nitrogen and oxygen atoms in total. The van der Waals surface area contributed by atoms with Crippen LogP contribution >= 0.6 is 11.8 Å². The summed E-state index contributed by atoms with van der Waals surface area (Å²) in [4.78, 5) is 39.1. The van der Waals surface area contributed by atoms with E-state index in [9.17, 15) is 14.4 Å². The molecule has 1 aromatic rings. The lowest BCUT2D eigenvalue weighted by Crippen LogP contribution is -2.44. The topological polar surface area (TPSA) is 75.7 Å². The molecule has 1 atom stereocenters. The molecular weight excluding hydrogens is 364 g/mol. The number of amides is 2. The summed E-state index contributed by atoms with van der Waals surface area (Å²) >= 11 is 1.28. The predicted octanol–water partition coefficient (Wildman–Crippen LogP) is 2.86. The number of nitrogens with one attached hydrogen (secondary N) is 1. The third kappa shape index (κ3) is 6.57. The second-order valence-corrected chi connectivity index (χ2v) is 8.03. The number of nitrogens with zero attached hydrogens (tertiary/aromatic N) is 1. The first-order chi connectivity index (χ1) is 12.9. The van der Waals surface area contributed by atoms with Crippen LogP contribution in [-0.2, 0) is 14.3 Å². The number of esters is 1. The summed E-state index contributed by atoms with van der Waals surface area (Å²) in [6, 6.07) is 7.23. The van der Waals surface area contributed by atoms with Crippen molar-refractivity contribution in [3.05, 3.63) is 29.8 Å². The summed E-state index contributed by atoms with van der Waals surface area (Å²) in [5.74, 6) is -0.572. The molecule has 1 saturated heterocycles. The first-order valence-corrected chi connectivity index (χ1v) is 10.3. The molecule has 1 aromatic carbocycles. The Balaban J connectivity index is 1.92. The van der Waals surface area contributed by atoms with E-state index in [1.165, 1.54) is 11.8 Å². The fourth-order valence-corrected chi connectivity index (χ4v) is 3.88. The zero-order valence-corrected chi connectivity index (χ0v) is 17.0. The monoisotopic (exact) mass is 392 g/mol. The van der Waals surface area contributed by atoms with Gasteiger partial charge in [-0.25, -0.2) is 4.79 Å². The minimum Gasteiger partial charge on any atom is -0.452 e. The SMILES string of the molecule is CC(C)NC(=O)CSc1ccccc1C(=O)OCC(=O)N1CCCCC1C. The predicted molar refractivity (Wildman–Crippen MR) is 106 cm³/mol. The van der Waals surface area contributed by atoms with Crippen molar-refractivity contribution in [2.45, 2.75) is 57.0 Å². The van der Waals surface area contributed by atoms with Crippen LogP contribution < -0.4 is 5.32 Å². The van der Waals surface area contributed by atoms with Gasteiger partial charge in [-0.1, -0.05) is 12.1 Å². The first-order valence-electron chi connectivity index (χ1n) is 9.36. The van der Waals surface area contributed by atoms with Crippen LogP contribution in [0.1, 0.15) is 50.4 Å². The van der Waals surface area contributed by atoms with Gasteiger partial charge in [0.1, 0.15) is 0 Å². The quantitative estimate of drug-likeness (QED) is 0.570. The highest BCUT2D eigenvalue weighted by Crippen LogP contribution is 2.23. The van der Waals surface area contributed by atoms with Crippen LogP contribution in [-0.4, -0.2) is 53.7 Å². The normalized spacial score (nSPS) is 16.9. The number of ether oxygens (including phenoxy) is 1. The molecule has 1 unspecified atom stereocenters. The highest BCUT2D eigenvalue weighted by molar-refractivity contribution is 8.00. The van der Waals surface area contributed by atoms with E-state index in [-0.39, 0.29) is 36.3 Å². The van der Waals surface area contributed by atoms with Crippen molar-refractivity contribution < 1.29 is 19.1 Å². The molecule has 0 saturated carbocycles. The van der Waals surface area contributed by atoms with E-state index in [4.69, 9.17) is 4.74 Å². The van der Waals surface area contributed by atoms with Crippen molar-refractivity contribution in [1.82, 2.24) is 10.2 Å². The molecule has 0 aromatic heterocycles. The van der Waals surface area contributed by atoms with Gasteiger partial charge in [-0.2, -0.15) is 0 Å². The Labute approximate surface area is 165 Å². The van der Waals surface area contributed by atoms with Gasteiger partial charge in [0, 0.05) is 23.5 Å². The van der Waals surface area contributed by atoms with Crippen LogP contribution in [0.15, 0.2) is 29.2 Å². The van der Waals surface area contributed by atoms with Crippen LogP contribution in [0.5, 0.6) is 0 Å². The fraction of sp³-hybridized carbons (Fsp3) is 0.550. The highest BCUT2D eigenvalue weighted by atomic mass is 32.2. The standard InChI is InChI=1S/C20H28N2O4S/c1-14(2)21-18(23)13-27-17-10-5-4-9-16(17)20(25)26-12-19(24)22-11-7-6-8-15(22)3/h4-5,9-10,14-15H,6-8,11-13H2,1-3H3,(H,21,23). The van der Waals surface area contributed by atoms with Crippen LogP contribution in [0.3, 0.4) is 0 Å². The molecule has 148 valence electrons. The Morgan fingerprint density at radius 1 is 1.26 bits per heavy atom. The van der Waals surface area contributed by atoms with Gasteiger partial charge >= 0.3 is 5.97 Å². The average molecular weight is 393 g/mol. The molecule has 1 aliphatic rings. The molecular formula is C20H28N2O4S. The smallest absolute Gasteiger partial charge is 0.339 e. The zero-order valence-electron chi connectivity index (χ0n) is 16.2. The van der Waals surface area contributed by atoms with Gasteiger partial charge in [0.05, 0.1) is 11.3 Å². The van der Waals surface area contributed by atoms with Crippen molar-refractivity contribution in [3.63, 3.8) is 0 Å². The van der Waals surface area contributed by atoms with E-state index in [0.717, 1.165) is 25.8 Å². The van der Waals surface area contributed by atoms with Crippen molar-refractivity contribution in [2.75, 3.05) is 18.9 Å². The van der Waals surface area contributed by atoms with Crippen molar-refractivity contribution in [1.29, 1.82) is 0 Å². The third-order valence-electron chi connectivity index (χ3n) is 4.37. The van der Waals surface area contributed by atoms with Gasteiger partial charge in [0.25, 0.3) is 5.91 Å². The maximum Gasteiger partial charge on any atom is 0.339 e. The Morgan fingerprint density at radius 3 is 2.70 bits per heavy atom. The number of hydrogen-bond donors (Lipinski definition) is 1. The average Bonchev–Trinajstić information content (AvgIpc) is 2.64. The maximum absolute atomic E-state index is 12.4. The molecule has 2 rings (SSSR count). The molecule has 0 radical (unpaired) electrons. The number of carbonyl (C=O) groups excluding carboxylic acids is 3. The number of hydrogen-bond acceptors (Lipinski definition) is 5. The summed E-state index contributed by atoms with van der Waals surface area (Å²) in [7, 11) is 0. The summed E-state index contributed by atoms with van der Waals surface area (Å²) in [5.41, 5.74) is 0.374. The number of likely N-dealkylation sites (tertiary alicyclic amines) is 1. The van der Waals surface area contributed by atoms with Crippen molar-refractivity contribution in [2.24, 2.45) is 0 Å². The Morgan fingerprint density at radius 2 is 2.00 bits per heavy atom. The molecule has 1 aliphatic heterocycles. The van der Waals surface area contributed by atoms with E-state index in [2.05, 4.69) is 5.32 Å². The lowest BCUT2D eigenvalue weighted by atomic mass is 10.0. The number of thioether (sulfide) groups is 1. The summed E-state index contributed by atoms with van der Waals surface area (Å²) in [6.07, 6.45) is 3.10. The maximum atomic E-state index is 12.4. The fourth-order valence-electron chi connectivity index (χ4n) is 3.02. The minimum atomic E-state index is -0.541. The molecule has 1 N–H and O–H groups in total. The van der Waals surface area contributed by atoms with E-state index in [1.54, 1.807) is 29.2 Å². The van der Waals surface area contributed by atoms with E-state index >= 15 is 0 Å². The van der Waals surface area contributed by atoms with Crippen molar-refractivity contribution >= 4 is 29.5 Å². The van der Waals surface area contributed by atoms with Crippen LogP contribution in [0.4, 0.5) is 0 Å². The molecule has 2 amide bonds. The molecule has 27 heavy (non-hydrogen) atoms. The Bertz CT molecular complexity index is 678. The third-order valence-corrected chi connectivity index (χ3v) is 5.44. The summed E-state index contributed by atoms with van der Waals surface area (Å²) in [5, 5.41) is 2.82. The van der Waals surface area contributed by atoms with E-state index < -0.39 is 5.97 Å². The summed E-state index contributed by atoms with van der Waals surface area (Å²) < 4.78 is 5.26. The number of piperidine rings is 1. The number of benzene rings is 1. The van der Waals surface area contributed by atoms with Crippen molar-refractivity contribution in [3.8, 4) is 0 Å². The van der Waals surface area contributed by atoms with Gasteiger partial charge in [-0.15, -0.1) is 11.8 Å². The van der Waals surface area contributed by atoms with E-state index in [1.807, 2.05) is 20.8 Å². The Kier molecular flexibility index (Phi) is 8.16. The Hall–Kier alpha value is -2.02. The number of carbonyl (C=O) groups is 3.